The van der Waals surface area contributed by atoms with Gasteiger partial charge >= 0.3 is 0 Å². The SMILES string of the molecule is CC1CCCCN1Cc1ccccc1CNC(=O)C(N)CCS(C)(=O)=O.Cl. The van der Waals surface area contributed by atoms with Crippen molar-refractivity contribution >= 4 is 28.2 Å². The highest BCUT2D eigenvalue weighted by Crippen LogP contribution is 2.20. The molecular weight excluding hydrogens is 386 g/mol. The van der Waals surface area contributed by atoms with Gasteiger partial charge in [-0.2, -0.15) is 0 Å². The number of nitrogens with zero attached hydrogens (tertiary/aromatic N) is 1. The molecule has 154 valence electrons. The van der Waals surface area contributed by atoms with E-state index in [1.165, 1.54) is 24.8 Å². The number of benzene rings is 1. The van der Waals surface area contributed by atoms with Crippen molar-refractivity contribution in [3.63, 3.8) is 0 Å². The highest BCUT2D eigenvalue weighted by atomic mass is 35.5. The molecule has 8 heteroatoms. The molecule has 0 radical (unpaired) electrons. The van der Waals surface area contributed by atoms with Gasteiger partial charge in [-0.1, -0.05) is 30.7 Å². The van der Waals surface area contributed by atoms with E-state index in [4.69, 9.17) is 5.73 Å². The Morgan fingerprint density at radius 1 is 1.30 bits per heavy atom. The molecule has 1 aromatic rings. The minimum absolute atomic E-state index is 0. The van der Waals surface area contributed by atoms with Crippen molar-refractivity contribution in [3.05, 3.63) is 35.4 Å². The summed E-state index contributed by atoms with van der Waals surface area (Å²) in [4.78, 5) is 14.6. The van der Waals surface area contributed by atoms with Crippen LogP contribution in [0, 0.1) is 0 Å². The lowest BCUT2D eigenvalue weighted by Crippen LogP contribution is -2.41. The number of sulfone groups is 1. The first-order valence-electron chi connectivity index (χ1n) is 9.28. The van der Waals surface area contributed by atoms with Gasteiger partial charge in [0.05, 0.1) is 11.8 Å². The fraction of sp³-hybridized carbons (Fsp3) is 0.632. The number of nitrogens with one attached hydrogen (secondary N) is 1. The molecule has 1 amide bonds. The Labute approximate surface area is 169 Å². The molecule has 1 aliphatic rings. The second-order valence-corrected chi connectivity index (χ2v) is 9.59. The van der Waals surface area contributed by atoms with Crippen molar-refractivity contribution < 1.29 is 13.2 Å². The maximum Gasteiger partial charge on any atom is 0.237 e. The molecule has 0 bridgehead atoms. The van der Waals surface area contributed by atoms with Crippen molar-refractivity contribution in [1.82, 2.24) is 10.2 Å². The number of likely N-dealkylation sites (tertiary alicyclic amines) is 1. The van der Waals surface area contributed by atoms with Gasteiger partial charge in [0.15, 0.2) is 0 Å². The zero-order valence-corrected chi connectivity index (χ0v) is 17.8. The van der Waals surface area contributed by atoms with E-state index in [0.29, 0.717) is 12.6 Å². The maximum atomic E-state index is 12.1. The second kappa shape index (κ2) is 11.0. The van der Waals surface area contributed by atoms with Gasteiger partial charge in [0.1, 0.15) is 9.84 Å². The topological polar surface area (TPSA) is 92.5 Å². The molecule has 2 atom stereocenters. The molecular formula is C19H32ClN3O3S. The Morgan fingerprint density at radius 3 is 2.59 bits per heavy atom. The summed E-state index contributed by atoms with van der Waals surface area (Å²) in [6, 6.07) is 7.88. The Morgan fingerprint density at radius 2 is 1.96 bits per heavy atom. The van der Waals surface area contributed by atoms with Gasteiger partial charge in [0, 0.05) is 25.4 Å². The number of halogens is 1. The molecule has 2 unspecified atom stereocenters. The molecule has 0 spiro atoms. The molecule has 1 aromatic carbocycles. The number of nitrogens with two attached hydrogens (primary N) is 1. The molecule has 0 aliphatic carbocycles. The summed E-state index contributed by atoms with van der Waals surface area (Å²) in [5.74, 6) is -0.389. The molecule has 1 saturated heterocycles. The first-order valence-corrected chi connectivity index (χ1v) is 11.3. The van der Waals surface area contributed by atoms with E-state index < -0.39 is 15.9 Å². The van der Waals surface area contributed by atoms with E-state index in [1.54, 1.807) is 0 Å². The summed E-state index contributed by atoms with van der Waals surface area (Å²) in [6.45, 7) is 4.67. The van der Waals surface area contributed by atoms with Crippen LogP contribution in [0.25, 0.3) is 0 Å². The Balaban J connectivity index is 0.00000364. The highest BCUT2D eigenvalue weighted by Gasteiger charge is 2.20. The van der Waals surface area contributed by atoms with Crippen LogP contribution in [0.2, 0.25) is 0 Å². The maximum absolute atomic E-state index is 12.1. The number of rotatable bonds is 8. The van der Waals surface area contributed by atoms with Crippen LogP contribution in [-0.4, -0.2) is 49.9 Å². The lowest BCUT2D eigenvalue weighted by Gasteiger charge is -2.33. The molecule has 6 nitrogen and oxygen atoms in total. The van der Waals surface area contributed by atoms with Gasteiger partial charge < -0.3 is 11.1 Å². The minimum atomic E-state index is -3.11. The Hall–Kier alpha value is -1.15. The van der Waals surface area contributed by atoms with Crippen LogP contribution in [0.15, 0.2) is 24.3 Å². The first-order chi connectivity index (χ1) is 12.3. The number of amides is 1. The monoisotopic (exact) mass is 417 g/mol. The minimum Gasteiger partial charge on any atom is -0.351 e. The summed E-state index contributed by atoms with van der Waals surface area (Å²) >= 11 is 0. The summed E-state index contributed by atoms with van der Waals surface area (Å²) < 4.78 is 22.4. The fourth-order valence-corrected chi connectivity index (χ4v) is 3.96. The van der Waals surface area contributed by atoms with Crippen molar-refractivity contribution in [2.24, 2.45) is 5.73 Å². The summed E-state index contributed by atoms with van der Waals surface area (Å²) in [5.41, 5.74) is 8.10. The summed E-state index contributed by atoms with van der Waals surface area (Å²) in [7, 11) is -3.11. The van der Waals surface area contributed by atoms with E-state index in [9.17, 15) is 13.2 Å². The van der Waals surface area contributed by atoms with Crippen molar-refractivity contribution in [2.75, 3.05) is 18.6 Å². The molecule has 1 heterocycles. The van der Waals surface area contributed by atoms with Crippen molar-refractivity contribution in [3.8, 4) is 0 Å². The second-order valence-electron chi connectivity index (χ2n) is 7.33. The van der Waals surface area contributed by atoms with Gasteiger partial charge in [-0.05, 0) is 43.9 Å². The van der Waals surface area contributed by atoms with E-state index >= 15 is 0 Å². The van der Waals surface area contributed by atoms with Crippen LogP contribution < -0.4 is 11.1 Å². The lowest BCUT2D eigenvalue weighted by molar-refractivity contribution is -0.122. The molecule has 27 heavy (non-hydrogen) atoms. The van der Waals surface area contributed by atoms with Crippen molar-refractivity contribution in [1.29, 1.82) is 0 Å². The highest BCUT2D eigenvalue weighted by molar-refractivity contribution is 7.90. The number of piperidine rings is 1. The van der Waals surface area contributed by atoms with Gasteiger partial charge in [-0.25, -0.2) is 8.42 Å². The zero-order valence-electron chi connectivity index (χ0n) is 16.2. The molecule has 3 N–H and O–H groups in total. The predicted octanol–water partition coefficient (Wildman–Crippen LogP) is 1.86. The molecule has 1 aliphatic heterocycles. The standard InChI is InChI=1S/C19H31N3O3S.ClH/c1-15-7-5-6-11-22(15)14-17-9-4-3-8-16(17)13-21-19(23)18(20)10-12-26(2,24)25;/h3-4,8-9,15,18H,5-7,10-14,20H2,1-2H3,(H,21,23);1H. The average Bonchev–Trinajstić information content (AvgIpc) is 2.60. The third-order valence-corrected chi connectivity index (χ3v) is 6.00. The fourth-order valence-electron chi connectivity index (χ4n) is 3.28. The largest absolute Gasteiger partial charge is 0.351 e. The van der Waals surface area contributed by atoms with E-state index in [0.717, 1.165) is 24.9 Å². The van der Waals surface area contributed by atoms with Crippen LogP contribution in [-0.2, 0) is 27.7 Å². The molecule has 1 fully saturated rings. The number of carbonyl (C=O) groups is 1. The lowest BCUT2D eigenvalue weighted by atomic mass is 10.0. The van der Waals surface area contributed by atoms with Crippen LogP contribution in [0.1, 0.15) is 43.7 Å². The van der Waals surface area contributed by atoms with Gasteiger partial charge in [0.25, 0.3) is 0 Å². The number of hydrogen-bond donors (Lipinski definition) is 2. The Kier molecular flexibility index (Phi) is 9.73. The van der Waals surface area contributed by atoms with Gasteiger partial charge in [-0.3, -0.25) is 9.69 Å². The van der Waals surface area contributed by atoms with Crippen LogP contribution in [0.5, 0.6) is 0 Å². The smallest absolute Gasteiger partial charge is 0.237 e. The van der Waals surface area contributed by atoms with E-state index in [-0.39, 0.29) is 30.5 Å². The predicted molar refractivity (Wildman–Crippen MR) is 112 cm³/mol. The van der Waals surface area contributed by atoms with Crippen LogP contribution in [0.3, 0.4) is 0 Å². The Bertz CT molecular complexity index is 712. The normalized spacial score (nSPS) is 19.1. The number of carbonyl (C=O) groups excluding carboxylic acids is 1. The third kappa shape index (κ3) is 8.17. The van der Waals surface area contributed by atoms with Gasteiger partial charge in [0.2, 0.25) is 5.91 Å². The van der Waals surface area contributed by atoms with E-state index in [1.807, 2.05) is 18.2 Å². The molecule has 2 rings (SSSR count). The molecule has 0 aromatic heterocycles. The average molecular weight is 418 g/mol. The summed E-state index contributed by atoms with van der Waals surface area (Å²) in [6.07, 6.45) is 5.04. The first kappa shape index (κ1) is 23.9. The van der Waals surface area contributed by atoms with Crippen LogP contribution >= 0.6 is 12.4 Å². The van der Waals surface area contributed by atoms with Gasteiger partial charge in [-0.15, -0.1) is 12.4 Å². The van der Waals surface area contributed by atoms with E-state index in [2.05, 4.69) is 23.2 Å². The molecule has 0 saturated carbocycles. The summed E-state index contributed by atoms with van der Waals surface area (Å²) in [5, 5.41) is 2.85. The van der Waals surface area contributed by atoms with Crippen molar-refractivity contribution in [2.45, 2.75) is 57.8 Å². The zero-order chi connectivity index (χ0) is 19.2. The quantitative estimate of drug-likeness (QED) is 0.673. The number of hydrogen-bond acceptors (Lipinski definition) is 5. The third-order valence-electron chi connectivity index (χ3n) is 5.02. The van der Waals surface area contributed by atoms with Crippen LogP contribution in [0.4, 0.5) is 0 Å².